The number of rotatable bonds is 1. The Labute approximate surface area is 89.7 Å². The van der Waals surface area contributed by atoms with Crippen molar-refractivity contribution in [3.05, 3.63) is 39.3 Å². The molecule has 4 heteroatoms. The van der Waals surface area contributed by atoms with Gasteiger partial charge in [-0.05, 0) is 18.2 Å². The van der Waals surface area contributed by atoms with E-state index in [0.29, 0.717) is 16.3 Å². The topological polar surface area (TPSA) is 49.8 Å². The molecule has 0 aromatic heterocycles. The fourth-order valence-corrected chi connectivity index (χ4v) is 1.45. The van der Waals surface area contributed by atoms with Crippen molar-refractivity contribution in [1.82, 2.24) is 0 Å². The predicted octanol–water partition coefficient (Wildman–Crippen LogP) is 2.93. The number of nitrogens with two attached hydrogens (primary N) is 1. The fraction of sp³-hybridized carbons (Fsp3) is 0. The number of hydrogen-bond donors (Lipinski definition) is 1. The zero-order chi connectivity index (χ0) is 9.84. The lowest BCUT2D eigenvalue weighted by molar-refractivity contribution is 1.48. The molecule has 0 amide bonds. The molecule has 0 saturated carbocycles. The van der Waals surface area contributed by atoms with E-state index < -0.39 is 0 Å². The summed E-state index contributed by atoms with van der Waals surface area (Å²) in [6, 6.07) is 7.15. The monoisotopic (exact) mass is 256 g/mol. The van der Waals surface area contributed by atoms with Crippen LogP contribution in [0, 0.1) is 11.3 Å². The van der Waals surface area contributed by atoms with E-state index in [9.17, 15) is 0 Å². The van der Waals surface area contributed by atoms with Crippen LogP contribution in [0.5, 0.6) is 0 Å². The lowest BCUT2D eigenvalue weighted by atomic mass is 10.1. The zero-order valence-electron chi connectivity index (χ0n) is 6.59. The van der Waals surface area contributed by atoms with E-state index in [2.05, 4.69) is 15.9 Å². The first-order chi connectivity index (χ1) is 6.15. The second-order valence-corrected chi connectivity index (χ2v) is 3.68. The van der Waals surface area contributed by atoms with Crippen LogP contribution in [0.15, 0.2) is 28.7 Å². The summed E-state index contributed by atoms with van der Waals surface area (Å²) in [5.41, 5.74) is 6.64. The van der Waals surface area contributed by atoms with Crippen LogP contribution in [0.2, 0.25) is 5.02 Å². The first-order valence-electron chi connectivity index (χ1n) is 3.46. The smallest absolute Gasteiger partial charge is 0.0933 e. The number of halogens is 2. The number of nitriles is 1. The average Bonchev–Trinajstić information content (AvgIpc) is 2.09. The van der Waals surface area contributed by atoms with Crippen LogP contribution < -0.4 is 5.73 Å². The number of allylic oxidation sites excluding steroid dienone is 1. The van der Waals surface area contributed by atoms with Gasteiger partial charge in [0.2, 0.25) is 0 Å². The van der Waals surface area contributed by atoms with Gasteiger partial charge >= 0.3 is 0 Å². The lowest BCUT2D eigenvalue weighted by Crippen LogP contribution is -1.96. The van der Waals surface area contributed by atoms with E-state index in [1.165, 1.54) is 6.08 Å². The molecule has 66 valence electrons. The van der Waals surface area contributed by atoms with Gasteiger partial charge in [0.25, 0.3) is 0 Å². The molecule has 2 N–H and O–H groups in total. The van der Waals surface area contributed by atoms with Gasteiger partial charge in [-0.15, -0.1) is 0 Å². The highest BCUT2D eigenvalue weighted by Gasteiger charge is 2.03. The third-order valence-corrected chi connectivity index (χ3v) is 2.28. The van der Waals surface area contributed by atoms with Crippen LogP contribution in [0.1, 0.15) is 5.56 Å². The van der Waals surface area contributed by atoms with E-state index in [1.54, 1.807) is 12.1 Å². The van der Waals surface area contributed by atoms with Gasteiger partial charge in [0.15, 0.2) is 0 Å². The summed E-state index contributed by atoms with van der Waals surface area (Å²) in [6.07, 6.45) is 1.26. The van der Waals surface area contributed by atoms with Crippen LogP contribution in [-0.2, 0) is 0 Å². The zero-order valence-corrected chi connectivity index (χ0v) is 8.93. The molecule has 0 saturated heterocycles. The standard InChI is InChI=1S/C9H6BrClN2/c10-6-1-2-8(11)7(5-6)9(13)3-4-12/h1-3,5H,13H2/b9-3+. The maximum Gasteiger partial charge on any atom is 0.0933 e. The Morgan fingerprint density at radius 3 is 2.92 bits per heavy atom. The molecule has 0 fully saturated rings. The molecule has 1 aromatic rings. The third kappa shape index (κ3) is 2.48. The summed E-state index contributed by atoms with van der Waals surface area (Å²) in [4.78, 5) is 0. The molecular weight excluding hydrogens is 251 g/mol. The number of nitrogens with zero attached hydrogens (tertiary/aromatic N) is 1. The summed E-state index contributed by atoms with van der Waals surface area (Å²) in [7, 11) is 0. The van der Waals surface area contributed by atoms with Gasteiger partial charge in [0.1, 0.15) is 0 Å². The van der Waals surface area contributed by atoms with Crippen molar-refractivity contribution >= 4 is 33.2 Å². The molecule has 0 heterocycles. The minimum absolute atomic E-state index is 0.369. The molecule has 0 aliphatic heterocycles. The molecule has 0 aliphatic rings. The second kappa shape index (κ2) is 4.31. The highest BCUT2D eigenvalue weighted by atomic mass is 79.9. The first-order valence-corrected chi connectivity index (χ1v) is 4.63. The van der Waals surface area contributed by atoms with Crippen molar-refractivity contribution in [1.29, 1.82) is 5.26 Å². The summed E-state index contributed by atoms with van der Waals surface area (Å²) < 4.78 is 0.876. The van der Waals surface area contributed by atoms with Crippen molar-refractivity contribution in [2.45, 2.75) is 0 Å². The van der Waals surface area contributed by atoms with Crippen LogP contribution >= 0.6 is 27.5 Å². The van der Waals surface area contributed by atoms with Gasteiger partial charge in [-0.3, -0.25) is 0 Å². The van der Waals surface area contributed by atoms with Crippen LogP contribution in [0.3, 0.4) is 0 Å². The van der Waals surface area contributed by atoms with Crippen molar-refractivity contribution in [3.8, 4) is 6.07 Å². The number of hydrogen-bond acceptors (Lipinski definition) is 2. The van der Waals surface area contributed by atoms with Crippen LogP contribution in [-0.4, -0.2) is 0 Å². The van der Waals surface area contributed by atoms with Gasteiger partial charge < -0.3 is 5.73 Å². The third-order valence-electron chi connectivity index (χ3n) is 1.46. The summed E-state index contributed by atoms with van der Waals surface area (Å²) in [6.45, 7) is 0. The summed E-state index contributed by atoms with van der Waals surface area (Å²) in [5.74, 6) is 0. The summed E-state index contributed by atoms with van der Waals surface area (Å²) >= 11 is 9.17. The van der Waals surface area contributed by atoms with E-state index in [-0.39, 0.29) is 0 Å². The second-order valence-electron chi connectivity index (χ2n) is 2.35. The normalized spacial score (nSPS) is 11.0. The van der Waals surface area contributed by atoms with Crippen molar-refractivity contribution in [2.75, 3.05) is 0 Å². The molecule has 0 unspecified atom stereocenters. The highest BCUT2D eigenvalue weighted by molar-refractivity contribution is 9.10. The maximum absolute atomic E-state index is 8.40. The first kappa shape index (κ1) is 10.1. The molecule has 0 bridgehead atoms. The molecule has 2 nitrogen and oxygen atoms in total. The van der Waals surface area contributed by atoms with Crippen LogP contribution in [0.4, 0.5) is 0 Å². The Morgan fingerprint density at radius 1 is 1.62 bits per heavy atom. The molecule has 0 atom stereocenters. The minimum atomic E-state index is 0.369. The Balaban J connectivity index is 3.22. The average molecular weight is 258 g/mol. The Morgan fingerprint density at radius 2 is 2.31 bits per heavy atom. The SMILES string of the molecule is N#C/C=C(/N)c1cc(Br)ccc1Cl. The van der Waals surface area contributed by atoms with Gasteiger partial charge in [-0.1, -0.05) is 27.5 Å². The Bertz CT molecular complexity index is 393. The van der Waals surface area contributed by atoms with Crippen molar-refractivity contribution in [2.24, 2.45) is 5.73 Å². The molecule has 0 spiro atoms. The molecule has 1 rings (SSSR count). The molecule has 0 radical (unpaired) electrons. The van der Waals surface area contributed by atoms with Crippen molar-refractivity contribution in [3.63, 3.8) is 0 Å². The van der Waals surface area contributed by atoms with Gasteiger partial charge in [0, 0.05) is 21.1 Å². The van der Waals surface area contributed by atoms with Gasteiger partial charge in [-0.2, -0.15) is 5.26 Å². The largest absolute Gasteiger partial charge is 0.398 e. The fourth-order valence-electron chi connectivity index (χ4n) is 0.866. The maximum atomic E-state index is 8.40. The van der Waals surface area contributed by atoms with E-state index in [1.807, 2.05) is 12.1 Å². The molecule has 0 aliphatic carbocycles. The van der Waals surface area contributed by atoms with E-state index >= 15 is 0 Å². The van der Waals surface area contributed by atoms with E-state index in [0.717, 1.165) is 4.47 Å². The molecule has 1 aromatic carbocycles. The minimum Gasteiger partial charge on any atom is -0.398 e. The lowest BCUT2D eigenvalue weighted by Gasteiger charge is -2.03. The predicted molar refractivity (Wildman–Crippen MR) is 56.9 cm³/mol. The van der Waals surface area contributed by atoms with Crippen LogP contribution in [0.25, 0.3) is 5.70 Å². The van der Waals surface area contributed by atoms with Gasteiger partial charge in [-0.25, -0.2) is 0 Å². The number of benzene rings is 1. The van der Waals surface area contributed by atoms with Crippen molar-refractivity contribution < 1.29 is 0 Å². The summed E-state index contributed by atoms with van der Waals surface area (Å²) in [5, 5.41) is 8.93. The highest BCUT2D eigenvalue weighted by Crippen LogP contribution is 2.24. The molecule has 13 heavy (non-hydrogen) atoms. The van der Waals surface area contributed by atoms with E-state index in [4.69, 9.17) is 22.6 Å². The quantitative estimate of drug-likeness (QED) is 0.787. The Hall–Kier alpha value is -0.980. The van der Waals surface area contributed by atoms with Gasteiger partial charge in [0.05, 0.1) is 11.8 Å². The Kier molecular flexibility index (Phi) is 3.35. The molecular formula is C9H6BrClN2.